The van der Waals surface area contributed by atoms with Gasteiger partial charge in [0.2, 0.25) is 0 Å². The molecule has 1 aliphatic heterocycles. The van der Waals surface area contributed by atoms with Gasteiger partial charge < -0.3 is 9.84 Å². The highest BCUT2D eigenvalue weighted by Crippen LogP contribution is 2.18. The fourth-order valence-corrected chi connectivity index (χ4v) is 2.04. The van der Waals surface area contributed by atoms with Crippen LogP contribution in [0.5, 0.6) is 0 Å². The number of aliphatic hydroxyl groups excluding tert-OH is 1. The summed E-state index contributed by atoms with van der Waals surface area (Å²) in [6, 6.07) is 0. The molecule has 0 aliphatic carbocycles. The van der Waals surface area contributed by atoms with Gasteiger partial charge in [-0.25, -0.2) is 9.97 Å². The number of nitrogens with zero attached hydrogens (tertiary/aromatic N) is 2. The largest absolute Gasteiger partial charge is 0.389 e. The summed E-state index contributed by atoms with van der Waals surface area (Å²) in [7, 11) is 0. The maximum atomic E-state index is 9.48. The Kier molecular flexibility index (Phi) is 3.51. The normalized spacial score (nSPS) is 22.3. The molecule has 0 saturated carbocycles. The lowest BCUT2D eigenvalue weighted by atomic mass is 10.0. The zero-order valence-electron chi connectivity index (χ0n) is 9.81. The van der Waals surface area contributed by atoms with Crippen molar-refractivity contribution in [2.24, 2.45) is 5.92 Å². The topological polar surface area (TPSA) is 55.2 Å². The summed E-state index contributed by atoms with van der Waals surface area (Å²) in [5.41, 5.74) is 1.69. The van der Waals surface area contributed by atoms with Gasteiger partial charge >= 0.3 is 0 Å². The van der Waals surface area contributed by atoms with Crippen LogP contribution in [-0.4, -0.2) is 28.3 Å². The van der Waals surface area contributed by atoms with Crippen LogP contribution in [0.3, 0.4) is 0 Å². The number of hydrogen-bond acceptors (Lipinski definition) is 4. The van der Waals surface area contributed by atoms with Crippen LogP contribution in [0, 0.1) is 12.8 Å². The Labute approximate surface area is 95.7 Å². The van der Waals surface area contributed by atoms with Crippen molar-refractivity contribution >= 4 is 0 Å². The first-order valence-corrected chi connectivity index (χ1v) is 5.75. The molecule has 1 saturated heterocycles. The van der Waals surface area contributed by atoms with Crippen LogP contribution in [0.25, 0.3) is 0 Å². The van der Waals surface area contributed by atoms with Gasteiger partial charge in [0, 0.05) is 37.1 Å². The summed E-state index contributed by atoms with van der Waals surface area (Å²) in [5.74, 6) is 1.41. The summed E-state index contributed by atoms with van der Waals surface area (Å²) >= 11 is 0. The lowest BCUT2D eigenvalue weighted by Crippen LogP contribution is -2.09. The van der Waals surface area contributed by atoms with E-state index in [1.165, 1.54) is 0 Å². The van der Waals surface area contributed by atoms with Crippen molar-refractivity contribution in [3.05, 3.63) is 23.3 Å². The number of aryl methyl sites for hydroxylation is 1. The molecule has 88 valence electrons. The molecule has 4 nitrogen and oxygen atoms in total. The molecule has 0 amide bonds. The SMILES string of the molecule is Cc1nc(CC2CCOC2)ncc1[C@@H](C)O. The molecule has 0 bridgehead atoms. The molecule has 1 unspecified atom stereocenters. The summed E-state index contributed by atoms with van der Waals surface area (Å²) in [5, 5.41) is 9.48. The maximum Gasteiger partial charge on any atom is 0.128 e. The molecule has 1 aromatic heterocycles. The van der Waals surface area contributed by atoms with Gasteiger partial charge in [-0.3, -0.25) is 0 Å². The second kappa shape index (κ2) is 4.89. The van der Waals surface area contributed by atoms with Crippen molar-refractivity contribution in [2.75, 3.05) is 13.2 Å². The van der Waals surface area contributed by atoms with E-state index in [0.717, 1.165) is 43.1 Å². The van der Waals surface area contributed by atoms with E-state index in [9.17, 15) is 5.11 Å². The van der Waals surface area contributed by atoms with Crippen LogP contribution < -0.4 is 0 Å². The highest BCUT2D eigenvalue weighted by molar-refractivity contribution is 5.18. The predicted molar refractivity (Wildman–Crippen MR) is 60.0 cm³/mol. The lowest BCUT2D eigenvalue weighted by molar-refractivity contribution is 0.185. The molecular formula is C12H18N2O2. The van der Waals surface area contributed by atoms with E-state index >= 15 is 0 Å². The molecule has 0 radical (unpaired) electrons. The summed E-state index contributed by atoms with van der Waals surface area (Å²) in [6.45, 7) is 5.32. The van der Waals surface area contributed by atoms with Crippen LogP contribution in [0.2, 0.25) is 0 Å². The van der Waals surface area contributed by atoms with E-state index in [2.05, 4.69) is 9.97 Å². The smallest absolute Gasteiger partial charge is 0.128 e. The van der Waals surface area contributed by atoms with E-state index in [1.807, 2.05) is 6.92 Å². The fraction of sp³-hybridized carbons (Fsp3) is 0.667. The van der Waals surface area contributed by atoms with E-state index in [0.29, 0.717) is 5.92 Å². The Morgan fingerprint density at radius 2 is 2.44 bits per heavy atom. The quantitative estimate of drug-likeness (QED) is 0.840. The third-order valence-electron chi connectivity index (χ3n) is 3.01. The lowest BCUT2D eigenvalue weighted by Gasteiger charge is -2.10. The third-order valence-corrected chi connectivity index (χ3v) is 3.01. The molecule has 1 N–H and O–H groups in total. The molecule has 2 heterocycles. The van der Waals surface area contributed by atoms with E-state index < -0.39 is 6.10 Å². The average Bonchev–Trinajstić information content (AvgIpc) is 2.70. The van der Waals surface area contributed by atoms with Crippen LogP contribution in [-0.2, 0) is 11.2 Å². The first kappa shape index (κ1) is 11.5. The Hall–Kier alpha value is -1.00. The van der Waals surface area contributed by atoms with E-state index in [4.69, 9.17) is 4.74 Å². The molecule has 16 heavy (non-hydrogen) atoms. The molecule has 1 aliphatic rings. The fourth-order valence-electron chi connectivity index (χ4n) is 2.04. The summed E-state index contributed by atoms with van der Waals surface area (Å²) < 4.78 is 5.33. The summed E-state index contributed by atoms with van der Waals surface area (Å²) in [4.78, 5) is 8.73. The van der Waals surface area contributed by atoms with Crippen molar-refractivity contribution in [1.29, 1.82) is 0 Å². The first-order chi connectivity index (χ1) is 7.66. The Bertz CT molecular complexity index is 360. The first-order valence-electron chi connectivity index (χ1n) is 5.75. The zero-order valence-corrected chi connectivity index (χ0v) is 9.81. The molecule has 0 aromatic carbocycles. The van der Waals surface area contributed by atoms with Gasteiger partial charge in [0.05, 0.1) is 6.10 Å². The van der Waals surface area contributed by atoms with Gasteiger partial charge in [-0.15, -0.1) is 0 Å². The third kappa shape index (κ3) is 2.57. The minimum atomic E-state index is -0.496. The number of hydrogen-bond donors (Lipinski definition) is 1. The van der Waals surface area contributed by atoms with Gasteiger partial charge in [0.1, 0.15) is 5.82 Å². The van der Waals surface area contributed by atoms with E-state index in [1.54, 1.807) is 13.1 Å². The van der Waals surface area contributed by atoms with Crippen molar-refractivity contribution in [2.45, 2.75) is 32.8 Å². The Balaban J connectivity index is 2.08. The van der Waals surface area contributed by atoms with Crippen LogP contribution in [0.4, 0.5) is 0 Å². The molecule has 2 rings (SSSR count). The van der Waals surface area contributed by atoms with Crippen LogP contribution in [0.15, 0.2) is 6.20 Å². The second-order valence-corrected chi connectivity index (χ2v) is 4.44. The van der Waals surface area contributed by atoms with E-state index in [-0.39, 0.29) is 0 Å². The minimum absolute atomic E-state index is 0.496. The van der Waals surface area contributed by atoms with Crippen molar-refractivity contribution in [3.8, 4) is 0 Å². The zero-order chi connectivity index (χ0) is 11.5. The number of aliphatic hydroxyl groups is 1. The van der Waals surface area contributed by atoms with Gasteiger partial charge in [0.15, 0.2) is 0 Å². The van der Waals surface area contributed by atoms with Gasteiger partial charge in [-0.05, 0) is 26.2 Å². The van der Waals surface area contributed by atoms with Gasteiger partial charge in [0.25, 0.3) is 0 Å². The molecule has 2 atom stereocenters. The predicted octanol–water partition coefficient (Wildman–Crippen LogP) is 1.42. The monoisotopic (exact) mass is 222 g/mol. The van der Waals surface area contributed by atoms with Gasteiger partial charge in [-0.2, -0.15) is 0 Å². The van der Waals surface area contributed by atoms with Crippen molar-refractivity contribution in [1.82, 2.24) is 9.97 Å². The average molecular weight is 222 g/mol. The number of aromatic nitrogens is 2. The van der Waals surface area contributed by atoms with Crippen molar-refractivity contribution in [3.63, 3.8) is 0 Å². The Morgan fingerprint density at radius 1 is 1.62 bits per heavy atom. The standard InChI is InChI=1S/C12H18N2O2/c1-8-11(9(2)15)6-13-12(14-8)5-10-3-4-16-7-10/h6,9-10,15H,3-5,7H2,1-2H3/t9-,10?/m1/s1. The second-order valence-electron chi connectivity index (χ2n) is 4.44. The number of ether oxygens (including phenoxy) is 1. The molecule has 0 spiro atoms. The highest BCUT2D eigenvalue weighted by Gasteiger charge is 2.18. The number of rotatable bonds is 3. The summed E-state index contributed by atoms with van der Waals surface area (Å²) in [6.07, 6.45) is 3.21. The molecule has 4 heteroatoms. The minimum Gasteiger partial charge on any atom is -0.389 e. The van der Waals surface area contributed by atoms with Crippen molar-refractivity contribution < 1.29 is 9.84 Å². The molecule has 1 fully saturated rings. The molecule has 1 aromatic rings. The van der Waals surface area contributed by atoms with Gasteiger partial charge in [-0.1, -0.05) is 0 Å². The molecular weight excluding hydrogens is 204 g/mol. The Morgan fingerprint density at radius 3 is 3.00 bits per heavy atom. The van der Waals surface area contributed by atoms with Crippen LogP contribution in [0.1, 0.15) is 36.5 Å². The highest BCUT2D eigenvalue weighted by atomic mass is 16.5. The van der Waals surface area contributed by atoms with Crippen LogP contribution >= 0.6 is 0 Å². The maximum absolute atomic E-state index is 9.48.